The van der Waals surface area contributed by atoms with Gasteiger partial charge in [0.2, 0.25) is 5.88 Å². The van der Waals surface area contributed by atoms with Crippen molar-refractivity contribution >= 4 is 17.2 Å². The standard InChI is InChI=1S/C25H23N3O3S/c1-3-30-20-11-7-8-12-21(20)31-22-14-13-18(15-26-22)16-27-25(29)24-23(28-17(2)32-24)19-9-5-4-6-10-19/h4-15H,3,16H2,1-2H3,(H,27,29). The number of aromatic nitrogens is 2. The van der Waals surface area contributed by atoms with Crippen molar-refractivity contribution in [2.45, 2.75) is 20.4 Å². The van der Waals surface area contributed by atoms with E-state index >= 15 is 0 Å². The Hall–Kier alpha value is -3.71. The quantitative estimate of drug-likeness (QED) is 0.380. The maximum absolute atomic E-state index is 12.8. The average Bonchev–Trinajstić information content (AvgIpc) is 3.22. The summed E-state index contributed by atoms with van der Waals surface area (Å²) < 4.78 is 11.4. The summed E-state index contributed by atoms with van der Waals surface area (Å²) in [5.41, 5.74) is 2.50. The van der Waals surface area contributed by atoms with Crippen molar-refractivity contribution < 1.29 is 14.3 Å². The van der Waals surface area contributed by atoms with Gasteiger partial charge in [-0.05, 0) is 31.5 Å². The minimum absolute atomic E-state index is 0.152. The molecule has 0 bridgehead atoms. The average molecular weight is 446 g/mol. The van der Waals surface area contributed by atoms with Crippen LogP contribution in [0.25, 0.3) is 11.3 Å². The highest BCUT2D eigenvalue weighted by Gasteiger charge is 2.18. The smallest absolute Gasteiger partial charge is 0.263 e. The lowest BCUT2D eigenvalue weighted by Crippen LogP contribution is -2.22. The van der Waals surface area contributed by atoms with E-state index in [2.05, 4.69) is 15.3 Å². The van der Waals surface area contributed by atoms with Crippen LogP contribution in [-0.4, -0.2) is 22.5 Å². The zero-order chi connectivity index (χ0) is 22.3. The van der Waals surface area contributed by atoms with Crippen LogP contribution in [0.4, 0.5) is 0 Å². The fourth-order valence-electron chi connectivity index (χ4n) is 3.13. The van der Waals surface area contributed by atoms with Gasteiger partial charge >= 0.3 is 0 Å². The van der Waals surface area contributed by atoms with Gasteiger partial charge in [0, 0.05) is 24.4 Å². The van der Waals surface area contributed by atoms with Gasteiger partial charge in [0.15, 0.2) is 11.5 Å². The molecule has 2 aromatic heterocycles. The Morgan fingerprint density at radius 2 is 1.75 bits per heavy atom. The second kappa shape index (κ2) is 10.1. The van der Waals surface area contributed by atoms with Crippen LogP contribution in [0.15, 0.2) is 72.9 Å². The molecule has 0 radical (unpaired) electrons. The molecule has 0 aliphatic carbocycles. The molecular formula is C25H23N3O3S. The Balaban J connectivity index is 1.41. The molecule has 7 heteroatoms. The molecule has 6 nitrogen and oxygen atoms in total. The molecule has 1 amide bonds. The summed E-state index contributed by atoms with van der Waals surface area (Å²) in [6.45, 7) is 4.74. The van der Waals surface area contributed by atoms with Crippen molar-refractivity contribution in [3.8, 4) is 28.6 Å². The first kappa shape index (κ1) is 21.5. The fourth-order valence-corrected chi connectivity index (χ4v) is 3.99. The maximum Gasteiger partial charge on any atom is 0.263 e. The van der Waals surface area contributed by atoms with Crippen LogP contribution in [0.5, 0.6) is 17.4 Å². The fraction of sp³-hybridized carbons (Fsp3) is 0.160. The molecule has 0 spiro atoms. The number of hydrogen-bond acceptors (Lipinski definition) is 6. The number of benzene rings is 2. The Labute approximate surface area is 190 Å². The molecule has 2 aromatic carbocycles. The van der Waals surface area contributed by atoms with E-state index in [0.717, 1.165) is 16.1 Å². The minimum atomic E-state index is -0.152. The number of nitrogens with one attached hydrogen (secondary N) is 1. The van der Waals surface area contributed by atoms with Crippen LogP contribution in [0, 0.1) is 6.92 Å². The van der Waals surface area contributed by atoms with Gasteiger partial charge in [-0.1, -0.05) is 48.5 Å². The van der Waals surface area contributed by atoms with Crippen LogP contribution in [0.3, 0.4) is 0 Å². The lowest BCUT2D eigenvalue weighted by molar-refractivity contribution is 0.0955. The number of thiazole rings is 1. The summed E-state index contributed by atoms with van der Waals surface area (Å²) >= 11 is 1.39. The Morgan fingerprint density at radius 1 is 1.00 bits per heavy atom. The molecule has 32 heavy (non-hydrogen) atoms. The largest absolute Gasteiger partial charge is 0.490 e. The first-order chi connectivity index (χ1) is 15.6. The molecule has 0 fully saturated rings. The molecule has 0 aliphatic rings. The summed E-state index contributed by atoms with van der Waals surface area (Å²) in [6.07, 6.45) is 1.69. The zero-order valence-corrected chi connectivity index (χ0v) is 18.7. The van der Waals surface area contributed by atoms with Crippen molar-refractivity contribution in [2.24, 2.45) is 0 Å². The highest BCUT2D eigenvalue weighted by Crippen LogP contribution is 2.30. The second-order valence-corrected chi connectivity index (χ2v) is 8.15. The minimum Gasteiger partial charge on any atom is -0.490 e. The highest BCUT2D eigenvalue weighted by molar-refractivity contribution is 7.14. The maximum atomic E-state index is 12.8. The van der Waals surface area contributed by atoms with Gasteiger partial charge in [-0.2, -0.15) is 0 Å². The number of amides is 1. The predicted molar refractivity (Wildman–Crippen MR) is 125 cm³/mol. The normalized spacial score (nSPS) is 10.6. The predicted octanol–water partition coefficient (Wildman–Crippen LogP) is 5.63. The Morgan fingerprint density at radius 3 is 2.47 bits per heavy atom. The molecule has 162 valence electrons. The molecule has 4 aromatic rings. The summed E-state index contributed by atoms with van der Waals surface area (Å²) in [6, 6.07) is 20.8. The van der Waals surface area contributed by atoms with E-state index in [0.29, 0.717) is 41.1 Å². The third-order valence-electron chi connectivity index (χ3n) is 4.60. The SMILES string of the molecule is CCOc1ccccc1Oc1ccc(CNC(=O)c2sc(C)nc2-c2ccccc2)cn1. The number of carbonyl (C=O) groups excluding carboxylic acids is 1. The van der Waals surface area contributed by atoms with Crippen molar-refractivity contribution in [1.82, 2.24) is 15.3 Å². The number of ether oxygens (including phenoxy) is 2. The number of para-hydroxylation sites is 2. The molecule has 4 rings (SSSR count). The van der Waals surface area contributed by atoms with Crippen LogP contribution in [-0.2, 0) is 6.54 Å². The molecule has 0 saturated carbocycles. The first-order valence-electron chi connectivity index (χ1n) is 10.3. The molecule has 0 atom stereocenters. The zero-order valence-electron chi connectivity index (χ0n) is 17.9. The molecule has 2 heterocycles. The second-order valence-electron chi connectivity index (χ2n) is 6.95. The van der Waals surface area contributed by atoms with Gasteiger partial charge in [0.25, 0.3) is 5.91 Å². The van der Waals surface area contributed by atoms with Crippen molar-refractivity contribution in [3.63, 3.8) is 0 Å². The van der Waals surface area contributed by atoms with Crippen molar-refractivity contribution in [3.05, 3.63) is 88.4 Å². The van der Waals surface area contributed by atoms with E-state index in [-0.39, 0.29) is 5.91 Å². The number of pyridine rings is 1. The van der Waals surface area contributed by atoms with E-state index in [9.17, 15) is 4.79 Å². The van der Waals surface area contributed by atoms with E-state index in [4.69, 9.17) is 9.47 Å². The van der Waals surface area contributed by atoms with E-state index in [1.165, 1.54) is 11.3 Å². The van der Waals surface area contributed by atoms with Crippen LogP contribution in [0.1, 0.15) is 27.2 Å². The van der Waals surface area contributed by atoms with Crippen LogP contribution >= 0.6 is 11.3 Å². The van der Waals surface area contributed by atoms with Gasteiger partial charge in [0.05, 0.1) is 17.3 Å². The van der Waals surface area contributed by atoms with E-state index in [1.807, 2.05) is 74.5 Å². The lowest BCUT2D eigenvalue weighted by Gasteiger charge is -2.11. The Kier molecular flexibility index (Phi) is 6.77. The third-order valence-corrected chi connectivity index (χ3v) is 5.57. The summed E-state index contributed by atoms with van der Waals surface area (Å²) in [4.78, 5) is 22.3. The van der Waals surface area contributed by atoms with Gasteiger partial charge in [-0.15, -0.1) is 11.3 Å². The van der Waals surface area contributed by atoms with Crippen molar-refractivity contribution in [2.75, 3.05) is 6.61 Å². The van der Waals surface area contributed by atoms with Gasteiger partial charge < -0.3 is 14.8 Å². The van der Waals surface area contributed by atoms with Gasteiger partial charge in [-0.3, -0.25) is 4.79 Å². The number of nitrogens with zero attached hydrogens (tertiary/aromatic N) is 2. The molecular weight excluding hydrogens is 422 g/mol. The third kappa shape index (κ3) is 5.12. The van der Waals surface area contributed by atoms with E-state index < -0.39 is 0 Å². The highest BCUT2D eigenvalue weighted by atomic mass is 32.1. The van der Waals surface area contributed by atoms with Crippen molar-refractivity contribution in [1.29, 1.82) is 0 Å². The Bertz CT molecular complexity index is 1190. The summed E-state index contributed by atoms with van der Waals surface area (Å²) in [7, 11) is 0. The number of hydrogen-bond donors (Lipinski definition) is 1. The summed E-state index contributed by atoms with van der Waals surface area (Å²) in [5, 5.41) is 3.82. The first-order valence-corrected chi connectivity index (χ1v) is 11.1. The molecule has 0 saturated heterocycles. The lowest BCUT2D eigenvalue weighted by atomic mass is 10.1. The number of aryl methyl sites for hydroxylation is 1. The van der Waals surface area contributed by atoms with Gasteiger partial charge in [-0.25, -0.2) is 9.97 Å². The molecule has 1 N–H and O–H groups in total. The number of carbonyl (C=O) groups is 1. The topological polar surface area (TPSA) is 73.3 Å². The monoisotopic (exact) mass is 445 g/mol. The molecule has 0 aliphatic heterocycles. The summed E-state index contributed by atoms with van der Waals surface area (Å²) in [5.74, 6) is 1.58. The van der Waals surface area contributed by atoms with Gasteiger partial charge in [0.1, 0.15) is 4.88 Å². The molecule has 0 unspecified atom stereocenters. The van der Waals surface area contributed by atoms with Crippen LogP contribution in [0.2, 0.25) is 0 Å². The van der Waals surface area contributed by atoms with E-state index in [1.54, 1.807) is 12.3 Å². The van der Waals surface area contributed by atoms with Crippen LogP contribution < -0.4 is 14.8 Å². The number of rotatable bonds is 8.